The van der Waals surface area contributed by atoms with Gasteiger partial charge >= 0.3 is 0 Å². The summed E-state index contributed by atoms with van der Waals surface area (Å²) in [6.45, 7) is 23.3. The molecule has 0 amide bonds. The summed E-state index contributed by atoms with van der Waals surface area (Å²) in [7, 11) is 0. The van der Waals surface area contributed by atoms with Gasteiger partial charge in [-0.2, -0.15) is 0 Å². The minimum absolute atomic E-state index is 0.0808. The first kappa shape index (κ1) is 36.9. The second kappa shape index (κ2) is 12.9. The first-order chi connectivity index (χ1) is 27.0. The highest BCUT2D eigenvalue weighted by Gasteiger charge is 2.38. The van der Waals surface area contributed by atoms with Crippen molar-refractivity contribution in [2.24, 2.45) is 0 Å². The molecule has 1 heteroatoms. The lowest BCUT2D eigenvalue weighted by atomic mass is 9.79. The molecule has 0 aromatic heterocycles. The van der Waals surface area contributed by atoms with Crippen LogP contribution in [0.2, 0.25) is 0 Å². The van der Waals surface area contributed by atoms with E-state index in [1.54, 1.807) is 0 Å². The molecule has 2 aliphatic carbocycles. The Hall–Kier alpha value is -5.66. The maximum absolute atomic E-state index is 2.52. The molecule has 57 heavy (non-hydrogen) atoms. The summed E-state index contributed by atoms with van der Waals surface area (Å²) in [6, 6.07) is 57.6. The van der Waals surface area contributed by atoms with Gasteiger partial charge in [-0.1, -0.05) is 191 Å². The van der Waals surface area contributed by atoms with Crippen LogP contribution in [0.3, 0.4) is 0 Å². The first-order valence-corrected chi connectivity index (χ1v) is 20.7. The predicted molar refractivity (Wildman–Crippen MR) is 245 cm³/mol. The summed E-state index contributed by atoms with van der Waals surface area (Å²) in [5.74, 6) is 0. The maximum Gasteiger partial charge on any atom is 0.0540 e. The van der Waals surface area contributed by atoms with Gasteiger partial charge in [0.15, 0.2) is 0 Å². The van der Waals surface area contributed by atoms with Crippen molar-refractivity contribution in [3.8, 4) is 44.5 Å². The normalized spacial score (nSPS) is 14.8. The topological polar surface area (TPSA) is 3.24 Å². The maximum atomic E-state index is 2.52. The summed E-state index contributed by atoms with van der Waals surface area (Å²) < 4.78 is 0. The van der Waals surface area contributed by atoms with Crippen molar-refractivity contribution in [3.05, 3.63) is 185 Å². The molecule has 0 unspecified atom stereocenters. The number of para-hydroxylation sites is 1. The predicted octanol–water partition coefficient (Wildman–Crippen LogP) is 15.7. The van der Waals surface area contributed by atoms with E-state index in [9.17, 15) is 0 Å². The summed E-state index contributed by atoms with van der Waals surface area (Å²) in [4.78, 5) is 2.52. The Morgan fingerprint density at radius 3 is 1.35 bits per heavy atom. The molecule has 7 aromatic carbocycles. The molecular formula is C56H55N. The van der Waals surface area contributed by atoms with Crippen LogP contribution >= 0.6 is 0 Å². The third kappa shape index (κ3) is 5.97. The lowest BCUT2D eigenvalue weighted by Gasteiger charge is -2.31. The van der Waals surface area contributed by atoms with E-state index in [-0.39, 0.29) is 21.7 Å². The minimum atomic E-state index is -0.152. The summed E-state index contributed by atoms with van der Waals surface area (Å²) in [5, 5.41) is 0. The number of rotatable bonds is 5. The van der Waals surface area contributed by atoms with Crippen LogP contribution in [-0.4, -0.2) is 0 Å². The number of benzene rings is 7. The zero-order valence-corrected chi connectivity index (χ0v) is 35.4. The highest BCUT2D eigenvalue weighted by molar-refractivity contribution is 5.96. The Morgan fingerprint density at radius 2 is 0.772 bits per heavy atom. The molecule has 284 valence electrons. The first-order valence-electron chi connectivity index (χ1n) is 20.7. The van der Waals surface area contributed by atoms with E-state index < -0.39 is 0 Å². The molecule has 0 saturated heterocycles. The van der Waals surface area contributed by atoms with Crippen molar-refractivity contribution < 1.29 is 0 Å². The average molecular weight is 742 g/mol. The summed E-state index contributed by atoms with van der Waals surface area (Å²) in [6.07, 6.45) is 0. The van der Waals surface area contributed by atoms with E-state index in [0.717, 1.165) is 11.4 Å². The van der Waals surface area contributed by atoms with E-state index in [4.69, 9.17) is 0 Å². The average Bonchev–Trinajstić information content (AvgIpc) is 3.56. The molecule has 0 N–H and O–H groups in total. The second-order valence-corrected chi connectivity index (χ2v) is 19.5. The Labute approximate surface area is 341 Å². The van der Waals surface area contributed by atoms with Crippen molar-refractivity contribution in [3.63, 3.8) is 0 Å². The lowest BCUT2D eigenvalue weighted by molar-refractivity contribution is 0.584. The van der Waals surface area contributed by atoms with Crippen LogP contribution in [0.4, 0.5) is 17.1 Å². The van der Waals surface area contributed by atoms with E-state index in [2.05, 4.69) is 226 Å². The standard InChI is InChI=1S/C56H55N/c1-53(2,3)37-25-23-36(24-26-37)41-17-11-12-18-42(41)47-20-14-16-22-52(47)57(39-28-31-45-43-19-13-15-21-48(43)55(7,8)50(45)34-39)40-29-32-46-44-30-27-38(54(4,5)6)33-49(44)56(9,10)51(46)35-40/h11-35H,1-10H3. The number of hydrogen-bond donors (Lipinski definition) is 0. The Morgan fingerprint density at radius 1 is 0.351 bits per heavy atom. The van der Waals surface area contributed by atoms with E-state index >= 15 is 0 Å². The van der Waals surface area contributed by atoms with Gasteiger partial charge in [0.1, 0.15) is 0 Å². The number of fused-ring (bicyclic) bond motifs is 6. The lowest BCUT2D eigenvalue weighted by Crippen LogP contribution is -2.19. The van der Waals surface area contributed by atoms with E-state index in [1.165, 1.54) is 83.6 Å². The molecule has 2 aliphatic rings. The number of hydrogen-bond acceptors (Lipinski definition) is 1. The third-order valence-electron chi connectivity index (χ3n) is 13.0. The monoisotopic (exact) mass is 741 g/mol. The highest BCUT2D eigenvalue weighted by atomic mass is 15.1. The molecule has 0 atom stereocenters. The van der Waals surface area contributed by atoms with Gasteiger partial charge in [-0.15, -0.1) is 0 Å². The van der Waals surface area contributed by atoms with Crippen molar-refractivity contribution in [1.29, 1.82) is 0 Å². The zero-order valence-electron chi connectivity index (χ0n) is 35.4. The zero-order chi connectivity index (χ0) is 40.1. The van der Waals surface area contributed by atoms with Crippen LogP contribution in [0.25, 0.3) is 44.5 Å². The smallest absolute Gasteiger partial charge is 0.0540 e. The van der Waals surface area contributed by atoms with Crippen molar-refractivity contribution in [2.75, 3.05) is 4.90 Å². The Kier molecular flexibility index (Phi) is 8.38. The second-order valence-electron chi connectivity index (χ2n) is 19.5. The summed E-state index contributed by atoms with van der Waals surface area (Å²) in [5.41, 5.74) is 21.9. The fraction of sp³-hybridized carbons (Fsp3) is 0.250. The minimum Gasteiger partial charge on any atom is -0.310 e. The fourth-order valence-corrected chi connectivity index (χ4v) is 9.61. The molecular weight excluding hydrogens is 687 g/mol. The van der Waals surface area contributed by atoms with E-state index in [0.29, 0.717) is 0 Å². The van der Waals surface area contributed by atoms with Crippen LogP contribution in [0.15, 0.2) is 152 Å². The van der Waals surface area contributed by atoms with Crippen molar-refractivity contribution in [1.82, 2.24) is 0 Å². The van der Waals surface area contributed by atoms with Gasteiger partial charge in [0.05, 0.1) is 5.69 Å². The van der Waals surface area contributed by atoms with Crippen LogP contribution in [0.1, 0.15) is 103 Å². The van der Waals surface area contributed by atoms with Crippen LogP contribution < -0.4 is 4.90 Å². The molecule has 0 heterocycles. The number of nitrogens with zero attached hydrogens (tertiary/aromatic N) is 1. The van der Waals surface area contributed by atoms with Gasteiger partial charge in [0, 0.05) is 27.8 Å². The molecule has 0 spiro atoms. The molecule has 9 rings (SSSR count). The van der Waals surface area contributed by atoms with Crippen LogP contribution in [0, 0.1) is 0 Å². The van der Waals surface area contributed by atoms with Gasteiger partial charge in [-0.3, -0.25) is 0 Å². The van der Waals surface area contributed by atoms with Crippen LogP contribution in [-0.2, 0) is 21.7 Å². The van der Waals surface area contributed by atoms with Crippen molar-refractivity contribution >= 4 is 17.1 Å². The van der Waals surface area contributed by atoms with Gasteiger partial charge in [0.25, 0.3) is 0 Å². The van der Waals surface area contributed by atoms with E-state index in [1.807, 2.05) is 0 Å². The molecule has 7 aromatic rings. The third-order valence-corrected chi connectivity index (χ3v) is 13.0. The van der Waals surface area contributed by atoms with Gasteiger partial charge in [0.2, 0.25) is 0 Å². The molecule has 0 bridgehead atoms. The van der Waals surface area contributed by atoms with Gasteiger partial charge < -0.3 is 4.90 Å². The highest BCUT2D eigenvalue weighted by Crippen LogP contribution is 2.54. The molecule has 0 aliphatic heterocycles. The molecule has 1 nitrogen and oxygen atoms in total. The Bertz CT molecular complexity index is 2690. The molecule has 0 saturated carbocycles. The quantitative estimate of drug-likeness (QED) is 0.170. The largest absolute Gasteiger partial charge is 0.310 e. The number of anilines is 3. The Balaban J connectivity index is 1.25. The SMILES string of the molecule is CC(C)(C)c1ccc(-c2ccccc2-c2ccccc2N(c2ccc3c(c2)C(C)(C)c2ccccc2-3)c2ccc3c(c2)C(C)(C)c2cc(C(C)(C)C)ccc2-3)cc1. The van der Waals surface area contributed by atoms with Crippen molar-refractivity contribution in [2.45, 2.75) is 90.9 Å². The molecule has 0 radical (unpaired) electrons. The van der Waals surface area contributed by atoms with Gasteiger partial charge in [-0.25, -0.2) is 0 Å². The van der Waals surface area contributed by atoms with Gasteiger partial charge in [-0.05, 0) is 113 Å². The summed E-state index contributed by atoms with van der Waals surface area (Å²) >= 11 is 0. The van der Waals surface area contributed by atoms with Crippen LogP contribution in [0.5, 0.6) is 0 Å². The fourth-order valence-electron chi connectivity index (χ4n) is 9.61. The molecule has 0 fully saturated rings.